The molecule has 6 rings (SSSR count). The minimum Gasteiger partial charge on any atom is -0.496 e. The predicted octanol–water partition coefficient (Wildman–Crippen LogP) is 8.65. The zero-order chi connectivity index (χ0) is 38.9. The first-order valence-corrected chi connectivity index (χ1v) is 19.3. The highest BCUT2D eigenvalue weighted by molar-refractivity contribution is 8.00. The normalized spacial score (nSPS) is 14.1. The van der Waals surface area contributed by atoms with Gasteiger partial charge in [-0.1, -0.05) is 61.5 Å². The van der Waals surface area contributed by atoms with Gasteiger partial charge in [0.1, 0.15) is 27.8 Å². The molecule has 12 heteroatoms. The fourth-order valence-electron chi connectivity index (χ4n) is 6.28. The lowest BCUT2D eigenvalue weighted by Crippen LogP contribution is -2.30. The van der Waals surface area contributed by atoms with Crippen molar-refractivity contribution in [1.82, 2.24) is 5.32 Å². The van der Waals surface area contributed by atoms with Gasteiger partial charge in [0, 0.05) is 32.7 Å². The minimum atomic E-state index is -0.671. The number of hydrogen-bond acceptors (Lipinski definition) is 9. The molecule has 3 N–H and O–H groups in total. The highest BCUT2D eigenvalue weighted by Gasteiger charge is 2.28. The second-order valence-corrected chi connectivity index (χ2v) is 15.2. The Kier molecular flexibility index (Phi) is 12.6. The van der Waals surface area contributed by atoms with Gasteiger partial charge in [0.25, 0.3) is 11.8 Å². The number of carbonyl (C=O) groups excluding carboxylic acids is 3. The Morgan fingerprint density at radius 2 is 1.56 bits per heavy atom. The maximum absolute atomic E-state index is 14.1. The van der Waals surface area contributed by atoms with Crippen molar-refractivity contribution in [1.29, 1.82) is 5.26 Å². The van der Waals surface area contributed by atoms with Crippen molar-refractivity contribution >= 4 is 57.6 Å². The summed E-state index contributed by atoms with van der Waals surface area (Å²) >= 11 is 2.81. The van der Waals surface area contributed by atoms with Crippen LogP contribution in [0, 0.1) is 17.2 Å². The number of nitriles is 1. The summed E-state index contributed by atoms with van der Waals surface area (Å²) in [5.74, 6) is 0.418. The van der Waals surface area contributed by atoms with E-state index in [4.69, 9.17) is 14.2 Å². The molecule has 55 heavy (non-hydrogen) atoms. The fourth-order valence-corrected chi connectivity index (χ4v) is 8.73. The third kappa shape index (κ3) is 9.20. The molecule has 4 aromatic carbocycles. The van der Waals surface area contributed by atoms with E-state index in [0.29, 0.717) is 55.4 Å². The molecular formula is C43H40N4O6S2. The summed E-state index contributed by atoms with van der Waals surface area (Å²) in [6.45, 7) is 2.21. The Morgan fingerprint density at radius 3 is 2.25 bits per heavy atom. The summed E-state index contributed by atoms with van der Waals surface area (Å²) in [5.41, 5.74) is 3.59. The van der Waals surface area contributed by atoms with E-state index in [1.165, 1.54) is 50.5 Å². The predicted molar refractivity (Wildman–Crippen MR) is 217 cm³/mol. The number of nitrogens with zero attached hydrogens (tertiary/aromatic N) is 1. The molecule has 10 nitrogen and oxygen atoms in total. The van der Waals surface area contributed by atoms with Crippen LogP contribution in [-0.4, -0.2) is 39.1 Å². The number of nitrogens with one attached hydrogen (secondary N) is 3. The van der Waals surface area contributed by atoms with Gasteiger partial charge in [-0.2, -0.15) is 5.26 Å². The van der Waals surface area contributed by atoms with Gasteiger partial charge in [0.2, 0.25) is 5.91 Å². The molecule has 0 radical (unpaired) electrons. The summed E-state index contributed by atoms with van der Waals surface area (Å²) in [6, 6.07) is 30.8. The van der Waals surface area contributed by atoms with E-state index in [1.54, 1.807) is 60.7 Å². The third-order valence-corrected chi connectivity index (χ3v) is 11.5. The number of thiophene rings is 1. The molecule has 0 saturated heterocycles. The van der Waals surface area contributed by atoms with Crippen LogP contribution in [0.15, 0.2) is 108 Å². The van der Waals surface area contributed by atoms with Gasteiger partial charge < -0.3 is 30.2 Å². The Balaban J connectivity index is 1.28. The second-order valence-electron chi connectivity index (χ2n) is 12.9. The van der Waals surface area contributed by atoms with Crippen LogP contribution in [0.3, 0.4) is 0 Å². The summed E-state index contributed by atoms with van der Waals surface area (Å²) in [5, 5.41) is 18.7. The van der Waals surface area contributed by atoms with Crippen LogP contribution < -0.4 is 30.2 Å². The van der Waals surface area contributed by atoms with Crippen LogP contribution in [-0.2, 0) is 22.4 Å². The molecule has 0 spiro atoms. The molecular weight excluding hydrogens is 733 g/mol. The van der Waals surface area contributed by atoms with Crippen LogP contribution in [0.25, 0.3) is 6.08 Å². The number of methoxy groups -OCH3 is 3. The number of benzene rings is 4. The monoisotopic (exact) mass is 772 g/mol. The molecule has 1 aliphatic rings. The number of amides is 3. The SMILES string of the molecule is COc1cc(OC)c(OC)cc1/C=C(/NC(=O)c1ccccc1)C(=O)Nc1cccc(SC(C(=O)Nc2sc3c(c2C#N)CCC(C)C3)c2ccccc2)c1. The van der Waals surface area contributed by atoms with E-state index in [1.807, 2.05) is 36.4 Å². The maximum atomic E-state index is 14.1. The van der Waals surface area contributed by atoms with E-state index in [2.05, 4.69) is 28.9 Å². The first-order valence-electron chi connectivity index (χ1n) is 17.6. The van der Waals surface area contributed by atoms with E-state index >= 15 is 0 Å². The van der Waals surface area contributed by atoms with Gasteiger partial charge in [-0.25, -0.2) is 0 Å². The second kappa shape index (κ2) is 17.9. The Bertz CT molecular complexity index is 2270. The lowest BCUT2D eigenvalue weighted by Gasteiger charge is -2.18. The highest BCUT2D eigenvalue weighted by Crippen LogP contribution is 2.42. The van der Waals surface area contributed by atoms with Crippen LogP contribution in [0.1, 0.15) is 56.1 Å². The van der Waals surface area contributed by atoms with Crippen molar-refractivity contribution < 1.29 is 28.6 Å². The van der Waals surface area contributed by atoms with E-state index < -0.39 is 17.1 Å². The molecule has 280 valence electrons. The molecule has 0 bridgehead atoms. The number of carbonyl (C=O) groups is 3. The average molecular weight is 773 g/mol. The van der Waals surface area contributed by atoms with Crippen molar-refractivity contribution in [2.75, 3.05) is 32.0 Å². The topological polar surface area (TPSA) is 139 Å². The fraction of sp³-hybridized carbons (Fsp3) is 0.209. The highest BCUT2D eigenvalue weighted by atomic mass is 32.2. The van der Waals surface area contributed by atoms with Crippen molar-refractivity contribution in [3.05, 3.63) is 135 Å². The van der Waals surface area contributed by atoms with Crippen molar-refractivity contribution in [3.63, 3.8) is 0 Å². The summed E-state index contributed by atoms with van der Waals surface area (Å²) in [7, 11) is 4.50. The summed E-state index contributed by atoms with van der Waals surface area (Å²) < 4.78 is 16.5. The number of ether oxygens (including phenoxy) is 3. The van der Waals surface area contributed by atoms with E-state index in [0.717, 1.165) is 35.3 Å². The zero-order valence-electron chi connectivity index (χ0n) is 30.8. The number of rotatable bonds is 13. The third-order valence-electron chi connectivity index (χ3n) is 9.11. The molecule has 0 saturated carbocycles. The van der Waals surface area contributed by atoms with Crippen molar-refractivity contribution in [2.24, 2.45) is 5.92 Å². The van der Waals surface area contributed by atoms with Crippen LogP contribution in [0.4, 0.5) is 10.7 Å². The molecule has 1 heterocycles. The van der Waals surface area contributed by atoms with Crippen LogP contribution in [0.5, 0.6) is 17.2 Å². The molecule has 1 aromatic heterocycles. The van der Waals surface area contributed by atoms with Gasteiger partial charge >= 0.3 is 0 Å². The molecule has 3 amide bonds. The molecule has 5 aromatic rings. The van der Waals surface area contributed by atoms with E-state index in [-0.39, 0.29) is 11.6 Å². The number of fused-ring (bicyclic) bond motifs is 1. The summed E-state index contributed by atoms with van der Waals surface area (Å²) in [6.07, 6.45) is 4.25. The molecule has 0 aliphatic heterocycles. The number of hydrogen-bond donors (Lipinski definition) is 3. The molecule has 2 unspecified atom stereocenters. The van der Waals surface area contributed by atoms with Gasteiger partial charge in [0.05, 0.1) is 26.9 Å². The Morgan fingerprint density at radius 1 is 0.873 bits per heavy atom. The lowest BCUT2D eigenvalue weighted by molar-refractivity contribution is -0.116. The molecule has 1 aliphatic carbocycles. The van der Waals surface area contributed by atoms with Gasteiger partial charge in [-0.3, -0.25) is 14.4 Å². The van der Waals surface area contributed by atoms with Crippen LogP contribution >= 0.6 is 23.1 Å². The first kappa shape index (κ1) is 38.7. The van der Waals surface area contributed by atoms with Crippen molar-refractivity contribution in [3.8, 4) is 23.3 Å². The Hall–Kier alpha value is -6.03. The van der Waals surface area contributed by atoms with Crippen molar-refractivity contribution in [2.45, 2.75) is 36.3 Å². The quantitative estimate of drug-likeness (QED) is 0.0799. The number of anilines is 2. The smallest absolute Gasteiger partial charge is 0.272 e. The maximum Gasteiger partial charge on any atom is 0.272 e. The minimum absolute atomic E-state index is 0.0553. The average Bonchev–Trinajstić information content (AvgIpc) is 3.55. The van der Waals surface area contributed by atoms with Gasteiger partial charge in [-0.05, 0) is 78.8 Å². The number of thioether (sulfide) groups is 1. The summed E-state index contributed by atoms with van der Waals surface area (Å²) in [4.78, 5) is 43.3. The van der Waals surface area contributed by atoms with Gasteiger partial charge in [0.15, 0.2) is 11.5 Å². The lowest BCUT2D eigenvalue weighted by atomic mass is 9.88. The molecule has 0 fully saturated rings. The first-order chi connectivity index (χ1) is 26.7. The van der Waals surface area contributed by atoms with E-state index in [9.17, 15) is 19.6 Å². The van der Waals surface area contributed by atoms with Crippen LogP contribution in [0.2, 0.25) is 0 Å². The standard InChI is InChI=1S/C43H40N4O6S2/c1-26-18-19-32-33(25-44)43(55-38(32)20-26)47-42(50)39(27-12-7-5-8-13-27)54-31-17-11-16-30(23-31)45-41(49)34(46-40(48)28-14-9-6-10-15-28)21-29-22-36(52-3)37(53-4)24-35(29)51-2/h5-17,21-24,26,39H,18-20H2,1-4H3,(H,45,49)(H,46,48)(H,47,50)/b34-21+. The Labute approximate surface area is 328 Å². The van der Waals surface area contributed by atoms with Gasteiger partial charge in [-0.15, -0.1) is 23.1 Å². The largest absolute Gasteiger partial charge is 0.496 e. The zero-order valence-corrected chi connectivity index (χ0v) is 32.4. The molecule has 2 atom stereocenters.